The molecule has 3 heterocycles. The number of cyclic esters (lactones) is 1. The molecule has 0 aliphatic carbocycles. The first-order chi connectivity index (χ1) is 19.7. The zero-order chi connectivity index (χ0) is 29.1. The fourth-order valence-electron chi connectivity index (χ4n) is 5.12. The van der Waals surface area contributed by atoms with Crippen LogP contribution in [0.25, 0.3) is 0 Å². The van der Waals surface area contributed by atoms with Crippen molar-refractivity contribution in [2.45, 2.75) is 38.5 Å². The van der Waals surface area contributed by atoms with Crippen LogP contribution in [0.5, 0.6) is 0 Å². The predicted molar refractivity (Wildman–Crippen MR) is 147 cm³/mol. The largest absolute Gasteiger partial charge is 0.447 e. The summed E-state index contributed by atoms with van der Waals surface area (Å²) < 4.78 is 6.63. The molecule has 13 heteroatoms. The predicted octanol–water partition coefficient (Wildman–Crippen LogP) is 2.69. The van der Waals surface area contributed by atoms with E-state index < -0.39 is 28.4 Å². The highest BCUT2D eigenvalue weighted by atomic mass is 16.6. The molecule has 0 radical (unpaired) electrons. The number of hydrogen-bond donors (Lipinski definition) is 2. The number of aromatic nitrogens is 3. The summed E-state index contributed by atoms with van der Waals surface area (Å²) in [5.74, 6) is -1.28. The van der Waals surface area contributed by atoms with Crippen molar-refractivity contribution >= 4 is 29.1 Å². The average molecular weight is 563 g/mol. The molecule has 2 aliphatic rings. The van der Waals surface area contributed by atoms with Gasteiger partial charge < -0.3 is 19.8 Å². The summed E-state index contributed by atoms with van der Waals surface area (Å²) in [6.07, 6.45) is 5.84. The number of ether oxygens (including phenoxy) is 1. The van der Waals surface area contributed by atoms with Crippen LogP contribution < -0.4 is 9.80 Å². The number of amides is 2. The molecule has 2 atom stereocenters. The fourth-order valence-corrected chi connectivity index (χ4v) is 5.12. The Kier molecular flexibility index (Phi) is 7.81. The van der Waals surface area contributed by atoms with Crippen LogP contribution in [0.4, 0.5) is 21.9 Å². The van der Waals surface area contributed by atoms with Gasteiger partial charge in [-0.25, -0.2) is 4.79 Å². The monoisotopic (exact) mass is 562 g/mol. The maximum Gasteiger partial charge on any atom is 0.414 e. The molecule has 1 saturated heterocycles. The molecule has 1 fully saturated rings. The van der Waals surface area contributed by atoms with Crippen LogP contribution in [0, 0.1) is 16.0 Å². The van der Waals surface area contributed by atoms with Crippen LogP contribution in [0.15, 0.2) is 60.8 Å². The molecule has 13 nitrogen and oxygen atoms in total. The van der Waals surface area contributed by atoms with Crippen LogP contribution in [-0.2, 0) is 34.6 Å². The molecular formula is C28H30N6O7. The Bertz CT molecular complexity index is 1490. The Labute approximate surface area is 235 Å². The summed E-state index contributed by atoms with van der Waals surface area (Å²) in [7, 11) is 0. The van der Waals surface area contributed by atoms with Crippen molar-refractivity contribution in [3.8, 4) is 0 Å². The Morgan fingerprint density at radius 2 is 2.00 bits per heavy atom. The van der Waals surface area contributed by atoms with Gasteiger partial charge in [0.15, 0.2) is 5.60 Å². The van der Waals surface area contributed by atoms with E-state index in [-0.39, 0.29) is 24.4 Å². The molecule has 0 bridgehead atoms. The summed E-state index contributed by atoms with van der Waals surface area (Å²) in [5, 5.41) is 40.4. The standard InChI is InChI=1S/C28H30N6O7/c1-19(4-2-3-12-31-18-21(11-14-35)29-30-31)28(38)24-16-23(34(39)40)9-10-25(24)33(26(28)36)17-20-5-7-22(8-6-20)32-13-15-41-27(32)37/h2,4-10,16,18-19,35,38H,3,11-15,17H2,1H3/b4-2+/t19-,28+/m0/s1. The van der Waals surface area contributed by atoms with E-state index in [1.54, 1.807) is 48.1 Å². The highest BCUT2D eigenvalue weighted by Crippen LogP contribution is 2.47. The SMILES string of the molecule is C[C@@H](/C=C/CCn1cc(CCO)nn1)[C@]1(O)C(=O)N(Cc2ccc(N3CCOC3=O)cc2)c2ccc([N+](=O)[O-])cc21. The smallest absolute Gasteiger partial charge is 0.414 e. The third-order valence-corrected chi connectivity index (χ3v) is 7.38. The number of anilines is 2. The van der Waals surface area contributed by atoms with Gasteiger partial charge in [0.1, 0.15) is 6.61 Å². The number of carbonyl (C=O) groups is 2. The lowest BCUT2D eigenvalue weighted by Crippen LogP contribution is -2.44. The van der Waals surface area contributed by atoms with Crippen molar-refractivity contribution in [3.63, 3.8) is 0 Å². The van der Waals surface area contributed by atoms with Crippen LogP contribution in [-0.4, -0.2) is 61.9 Å². The Morgan fingerprint density at radius 1 is 1.22 bits per heavy atom. The quantitative estimate of drug-likeness (QED) is 0.203. The van der Waals surface area contributed by atoms with Gasteiger partial charge in [0.25, 0.3) is 11.6 Å². The van der Waals surface area contributed by atoms with E-state index >= 15 is 0 Å². The van der Waals surface area contributed by atoms with Crippen LogP contribution >= 0.6 is 0 Å². The minimum atomic E-state index is -2.02. The Morgan fingerprint density at radius 3 is 2.68 bits per heavy atom. The number of hydrogen-bond acceptors (Lipinski definition) is 9. The molecule has 2 N–H and O–H groups in total. The number of nitro groups is 1. The first kappa shape index (κ1) is 27.9. The number of carbonyl (C=O) groups excluding carboxylic acids is 2. The lowest BCUT2D eigenvalue weighted by Gasteiger charge is -2.27. The highest BCUT2D eigenvalue weighted by Gasteiger charge is 2.53. The molecule has 2 aromatic carbocycles. The second-order valence-corrected chi connectivity index (χ2v) is 10.0. The molecule has 1 aromatic heterocycles. The number of fused-ring (bicyclic) bond motifs is 1. The van der Waals surface area contributed by atoms with E-state index in [0.29, 0.717) is 49.6 Å². The molecule has 214 valence electrons. The van der Waals surface area contributed by atoms with E-state index in [0.717, 1.165) is 5.56 Å². The van der Waals surface area contributed by atoms with E-state index in [1.807, 2.05) is 6.08 Å². The molecule has 2 aliphatic heterocycles. The molecule has 0 unspecified atom stereocenters. The molecule has 0 spiro atoms. The normalized spacial score (nSPS) is 19.2. The van der Waals surface area contributed by atoms with Gasteiger partial charge in [-0.2, -0.15) is 0 Å². The summed E-state index contributed by atoms with van der Waals surface area (Å²) in [6, 6.07) is 11.2. The van der Waals surface area contributed by atoms with Crippen LogP contribution in [0.1, 0.15) is 30.2 Å². The third kappa shape index (κ3) is 5.41. The number of rotatable bonds is 11. The van der Waals surface area contributed by atoms with Gasteiger partial charge in [0, 0.05) is 55.1 Å². The van der Waals surface area contributed by atoms with E-state index in [4.69, 9.17) is 9.84 Å². The second-order valence-electron chi connectivity index (χ2n) is 10.0. The number of benzene rings is 2. The summed E-state index contributed by atoms with van der Waals surface area (Å²) in [5.41, 5.74) is 0.441. The number of aliphatic hydroxyl groups is 2. The van der Waals surface area contributed by atoms with E-state index in [1.165, 1.54) is 28.0 Å². The third-order valence-electron chi connectivity index (χ3n) is 7.38. The fraction of sp³-hybridized carbons (Fsp3) is 0.357. The number of aryl methyl sites for hydroxylation is 1. The number of aliphatic hydroxyl groups excluding tert-OH is 1. The first-order valence-electron chi connectivity index (χ1n) is 13.3. The minimum absolute atomic E-state index is 0.0142. The Balaban J connectivity index is 1.36. The molecule has 0 saturated carbocycles. The topological polar surface area (TPSA) is 164 Å². The van der Waals surface area contributed by atoms with Crippen molar-refractivity contribution in [2.75, 3.05) is 29.6 Å². The minimum Gasteiger partial charge on any atom is -0.447 e. The molecule has 5 rings (SSSR count). The molecule has 41 heavy (non-hydrogen) atoms. The van der Waals surface area contributed by atoms with Crippen molar-refractivity contribution in [2.24, 2.45) is 5.92 Å². The number of non-ortho nitro benzene ring substituents is 1. The summed E-state index contributed by atoms with van der Waals surface area (Å²) in [4.78, 5) is 39.6. The molecular weight excluding hydrogens is 532 g/mol. The second kappa shape index (κ2) is 11.5. The lowest BCUT2D eigenvalue weighted by atomic mass is 9.82. The molecule has 3 aromatic rings. The zero-order valence-electron chi connectivity index (χ0n) is 22.4. The van der Waals surface area contributed by atoms with Gasteiger partial charge in [0.2, 0.25) is 0 Å². The van der Waals surface area contributed by atoms with Gasteiger partial charge >= 0.3 is 6.09 Å². The summed E-state index contributed by atoms with van der Waals surface area (Å²) >= 11 is 0. The van der Waals surface area contributed by atoms with E-state index in [2.05, 4.69) is 10.3 Å². The maximum atomic E-state index is 13.8. The van der Waals surface area contributed by atoms with Crippen molar-refractivity contribution in [3.05, 3.63) is 87.7 Å². The summed E-state index contributed by atoms with van der Waals surface area (Å²) in [6.45, 7) is 3.09. The van der Waals surface area contributed by atoms with E-state index in [9.17, 15) is 24.8 Å². The highest BCUT2D eigenvalue weighted by molar-refractivity contribution is 6.07. The van der Waals surface area contributed by atoms with Crippen LogP contribution in [0.2, 0.25) is 0 Å². The Hall–Kier alpha value is -4.62. The van der Waals surface area contributed by atoms with Gasteiger partial charge in [-0.3, -0.25) is 24.5 Å². The van der Waals surface area contributed by atoms with Gasteiger partial charge in [-0.15, -0.1) is 5.10 Å². The maximum absolute atomic E-state index is 13.8. The van der Waals surface area contributed by atoms with Gasteiger partial charge in [-0.05, 0) is 30.2 Å². The van der Waals surface area contributed by atoms with Gasteiger partial charge in [-0.1, -0.05) is 36.4 Å². The first-order valence-corrected chi connectivity index (χ1v) is 13.3. The van der Waals surface area contributed by atoms with Crippen molar-refractivity contribution in [1.82, 2.24) is 15.0 Å². The number of nitrogens with zero attached hydrogens (tertiary/aromatic N) is 6. The number of nitro benzene ring substituents is 1. The zero-order valence-corrected chi connectivity index (χ0v) is 22.4. The number of allylic oxidation sites excluding steroid dienone is 1. The lowest BCUT2D eigenvalue weighted by molar-refractivity contribution is -0.385. The van der Waals surface area contributed by atoms with Crippen LogP contribution in [0.3, 0.4) is 0 Å². The van der Waals surface area contributed by atoms with Crippen molar-refractivity contribution in [1.29, 1.82) is 0 Å². The van der Waals surface area contributed by atoms with Gasteiger partial charge in [0.05, 0.1) is 29.4 Å². The van der Waals surface area contributed by atoms with Crippen molar-refractivity contribution < 1.29 is 29.5 Å². The average Bonchev–Trinajstić information content (AvgIpc) is 3.66. The molecule has 2 amide bonds.